The molecule has 1 N–H and O–H groups in total. The molecule has 2 aromatic rings. The lowest BCUT2D eigenvalue weighted by molar-refractivity contribution is 0.611. The van der Waals surface area contributed by atoms with Gasteiger partial charge in [-0.25, -0.2) is 0 Å². The highest BCUT2D eigenvalue weighted by Crippen LogP contribution is 2.40. The third-order valence-electron chi connectivity index (χ3n) is 5.08. The zero-order chi connectivity index (χ0) is 16.7. The molecule has 4 heteroatoms. The number of pyridine rings is 1. The molecule has 2 nitrogen and oxygen atoms in total. The summed E-state index contributed by atoms with van der Waals surface area (Å²) < 4.78 is 2.33. The molecule has 0 spiro atoms. The van der Waals surface area contributed by atoms with E-state index in [9.17, 15) is 0 Å². The first kappa shape index (κ1) is 16.5. The molecule has 0 radical (unpaired) electrons. The van der Waals surface area contributed by atoms with E-state index in [0.717, 1.165) is 43.2 Å². The first-order valence-corrected chi connectivity index (χ1v) is 10.1. The molecule has 0 bridgehead atoms. The quantitative estimate of drug-likeness (QED) is 0.600. The molecule has 2 aliphatic rings. The summed E-state index contributed by atoms with van der Waals surface area (Å²) in [5, 5.41) is 3.48. The Balaban J connectivity index is 2.01. The molecule has 24 heavy (non-hydrogen) atoms. The van der Waals surface area contributed by atoms with Crippen LogP contribution in [-0.4, -0.2) is 18.1 Å². The lowest BCUT2D eigenvalue weighted by atomic mass is 9.88. The van der Waals surface area contributed by atoms with E-state index in [1.165, 1.54) is 38.0 Å². The van der Waals surface area contributed by atoms with Gasteiger partial charge in [0.15, 0.2) is 0 Å². The number of benzene rings is 1. The Bertz CT molecular complexity index is 832. The summed E-state index contributed by atoms with van der Waals surface area (Å²) in [5.74, 6) is 0. The number of rotatable bonds is 0. The number of halogens is 2. The molecule has 124 valence electrons. The van der Waals surface area contributed by atoms with E-state index < -0.39 is 0 Å². The van der Waals surface area contributed by atoms with Gasteiger partial charge in [-0.3, -0.25) is 4.98 Å². The van der Waals surface area contributed by atoms with Gasteiger partial charge in [0.25, 0.3) is 0 Å². The van der Waals surface area contributed by atoms with Crippen LogP contribution in [0.4, 0.5) is 0 Å². The third-order valence-corrected chi connectivity index (χ3v) is 6.62. The van der Waals surface area contributed by atoms with Crippen LogP contribution < -0.4 is 5.32 Å². The van der Waals surface area contributed by atoms with Crippen molar-refractivity contribution in [2.75, 3.05) is 13.1 Å². The minimum absolute atomic E-state index is 1.03. The molecule has 0 amide bonds. The Kier molecular flexibility index (Phi) is 4.63. The summed E-state index contributed by atoms with van der Waals surface area (Å²) in [6.07, 6.45) is 6.24. The molecule has 1 saturated heterocycles. The first-order chi connectivity index (χ1) is 11.6. The Hall–Kier alpha value is -0.970. The van der Waals surface area contributed by atoms with E-state index in [1.807, 2.05) is 6.20 Å². The normalized spacial score (nSPS) is 17.3. The highest BCUT2D eigenvalue weighted by Gasteiger charge is 2.25. The van der Waals surface area contributed by atoms with Crippen LogP contribution in [0.15, 0.2) is 38.9 Å². The van der Waals surface area contributed by atoms with Crippen molar-refractivity contribution in [1.82, 2.24) is 10.3 Å². The predicted octanol–water partition coefficient (Wildman–Crippen LogP) is 5.20. The average Bonchev–Trinajstić information content (AvgIpc) is 2.76. The highest BCUT2D eigenvalue weighted by molar-refractivity contribution is 9.10. The van der Waals surface area contributed by atoms with Crippen LogP contribution in [0.3, 0.4) is 0 Å². The van der Waals surface area contributed by atoms with Gasteiger partial charge in [-0.05, 0) is 89.9 Å². The van der Waals surface area contributed by atoms with Gasteiger partial charge in [0.1, 0.15) is 0 Å². The molecule has 4 rings (SSSR count). The SMILES string of the molecule is Cc1ccc2c(c1Br)CCc1cc(Br)cnc1C2=C1CCNCC1. The minimum Gasteiger partial charge on any atom is -0.316 e. The maximum absolute atomic E-state index is 4.85. The molecule has 1 fully saturated rings. The number of aryl methyl sites for hydroxylation is 2. The number of hydrogen-bond acceptors (Lipinski definition) is 2. The fraction of sp³-hybridized carbons (Fsp3) is 0.350. The van der Waals surface area contributed by atoms with Gasteiger partial charge >= 0.3 is 0 Å². The molecular formula is C20H20Br2N2. The Morgan fingerprint density at radius 2 is 1.83 bits per heavy atom. The van der Waals surface area contributed by atoms with E-state index in [1.54, 1.807) is 5.57 Å². The number of aromatic nitrogens is 1. The van der Waals surface area contributed by atoms with Gasteiger partial charge in [0, 0.05) is 20.7 Å². The second kappa shape index (κ2) is 6.74. The van der Waals surface area contributed by atoms with E-state index in [4.69, 9.17) is 4.98 Å². The third kappa shape index (κ3) is 2.89. The Labute approximate surface area is 160 Å². The summed E-state index contributed by atoms with van der Waals surface area (Å²) >= 11 is 7.44. The predicted molar refractivity (Wildman–Crippen MR) is 106 cm³/mol. The molecule has 2 heterocycles. The maximum Gasteiger partial charge on any atom is 0.0740 e. The molecular weight excluding hydrogens is 428 g/mol. The van der Waals surface area contributed by atoms with E-state index >= 15 is 0 Å². The van der Waals surface area contributed by atoms with Crippen LogP contribution in [-0.2, 0) is 12.8 Å². The van der Waals surface area contributed by atoms with E-state index in [2.05, 4.69) is 62.3 Å². The second-order valence-corrected chi connectivity index (χ2v) is 8.32. The second-order valence-electron chi connectivity index (χ2n) is 6.61. The fourth-order valence-corrected chi connectivity index (χ4v) is 4.76. The van der Waals surface area contributed by atoms with Crippen LogP contribution in [0, 0.1) is 6.92 Å². The Morgan fingerprint density at radius 1 is 1.04 bits per heavy atom. The number of hydrogen-bond donors (Lipinski definition) is 1. The van der Waals surface area contributed by atoms with E-state index in [0.29, 0.717) is 0 Å². The Morgan fingerprint density at radius 3 is 2.62 bits per heavy atom. The van der Waals surface area contributed by atoms with Crippen molar-refractivity contribution < 1.29 is 0 Å². The fourth-order valence-electron chi connectivity index (χ4n) is 3.84. The molecule has 1 aliphatic carbocycles. The summed E-state index contributed by atoms with van der Waals surface area (Å²) in [7, 11) is 0. The van der Waals surface area contributed by atoms with Crippen molar-refractivity contribution in [3.8, 4) is 0 Å². The lowest BCUT2D eigenvalue weighted by Gasteiger charge is -2.22. The van der Waals surface area contributed by atoms with Crippen molar-refractivity contribution in [1.29, 1.82) is 0 Å². The summed E-state index contributed by atoms with van der Waals surface area (Å²) in [6.45, 7) is 4.30. The van der Waals surface area contributed by atoms with Gasteiger partial charge in [0.2, 0.25) is 0 Å². The minimum atomic E-state index is 1.03. The van der Waals surface area contributed by atoms with Crippen molar-refractivity contribution in [3.63, 3.8) is 0 Å². The molecule has 1 aliphatic heterocycles. The van der Waals surface area contributed by atoms with Gasteiger partial charge in [0.05, 0.1) is 5.69 Å². The topological polar surface area (TPSA) is 24.9 Å². The van der Waals surface area contributed by atoms with Gasteiger partial charge < -0.3 is 5.32 Å². The largest absolute Gasteiger partial charge is 0.316 e. The summed E-state index contributed by atoms with van der Waals surface area (Å²) in [4.78, 5) is 4.85. The summed E-state index contributed by atoms with van der Waals surface area (Å²) in [5.41, 5.74) is 9.58. The maximum atomic E-state index is 4.85. The van der Waals surface area contributed by atoms with Crippen molar-refractivity contribution in [3.05, 3.63) is 66.9 Å². The smallest absolute Gasteiger partial charge is 0.0740 e. The van der Waals surface area contributed by atoms with Crippen LogP contribution >= 0.6 is 31.9 Å². The molecule has 0 unspecified atom stereocenters. The number of piperidine rings is 1. The molecule has 0 saturated carbocycles. The first-order valence-electron chi connectivity index (χ1n) is 8.51. The highest BCUT2D eigenvalue weighted by atomic mass is 79.9. The van der Waals surface area contributed by atoms with Gasteiger partial charge in [-0.15, -0.1) is 0 Å². The van der Waals surface area contributed by atoms with Crippen molar-refractivity contribution >= 4 is 37.4 Å². The van der Waals surface area contributed by atoms with Gasteiger partial charge in [-0.1, -0.05) is 33.6 Å². The average molecular weight is 448 g/mol. The van der Waals surface area contributed by atoms with Crippen LogP contribution in [0.2, 0.25) is 0 Å². The van der Waals surface area contributed by atoms with E-state index in [-0.39, 0.29) is 0 Å². The van der Waals surface area contributed by atoms with Crippen LogP contribution in [0.25, 0.3) is 5.57 Å². The zero-order valence-corrected chi connectivity index (χ0v) is 16.9. The summed E-state index contributed by atoms with van der Waals surface area (Å²) in [6, 6.07) is 6.78. The molecule has 1 aromatic heterocycles. The standard InChI is InChI=1S/C20H20Br2N2/c1-12-2-4-16-17(19(12)22)5-3-14-10-15(21)11-24-20(14)18(16)13-6-8-23-9-7-13/h2,4,10-11,23H,3,5-9H2,1H3. The van der Waals surface area contributed by atoms with Crippen LogP contribution in [0.5, 0.6) is 0 Å². The monoisotopic (exact) mass is 446 g/mol. The van der Waals surface area contributed by atoms with Crippen molar-refractivity contribution in [2.24, 2.45) is 0 Å². The van der Waals surface area contributed by atoms with Crippen LogP contribution in [0.1, 0.15) is 40.8 Å². The lowest BCUT2D eigenvalue weighted by Crippen LogP contribution is -2.24. The number of nitrogens with zero attached hydrogens (tertiary/aromatic N) is 1. The zero-order valence-electron chi connectivity index (χ0n) is 13.8. The number of nitrogens with one attached hydrogen (secondary N) is 1. The molecule has 1 aromatic carbocycles. The van der Waals surface area contributed by atoms with Gasteiger partial charge in [-0.2, -0.15) is 0 Å². The molecule has 0 atom stereocenters. The number of fused-ring (bicyclic) bond motifs is 2. The van der Waals surface area contributed by atoms with Crippen molar-refractivity contribution in [2.45, 2.75) is 32.6 Å².